The lowest BCUT2D eigenvalue weighted by molar-refractivity contribution is -0.136. The lowest BCUT2D eigenvalue weighted by atomic mass is 9.91. The predicted octanol–water partition coefficient (Wildman–Crippen LogP) is 5.70. The molecule has 2 aromatic carbocycles. The molecule has 9 rings (SSSR count). The van der Waals surface area contributed by atoms with Crippen LogP contribution in [0.15, 0.2) is 71.4 Å². The molecule has 5 aromatic rings. The minimum atomic E-state index is -0.985. The SMILES string of the molecule is Cc1cc(-c2nc(-c3ccc4cc(O[C@H]5C[C@H](OC6CCN(CCCCCOc7ccc8c(c7)C(=O)N(C7CCC(=O)NC7=O)C8=O)CC6)C5)ccc4n3)no2)ccn1. The highest BCUT2D eigenvalue weighted by Gasteiger charge is 2.44. The van der Waals surface area contributed by atoms with E-state index in [1.54, 1.807) is 24.4 Å². The standard InChI is InChI=1S/C44H45N7O8/c1-26-21-28(13-16-45-26)42-48-40(49-59-42)37-9-5-27-22-31(7-10-36(27)46-37)58-33-23-32(24-33)57-29-14-18-50(19-15-29)17-3-2-4-20-56-30-6-8-34-35(25-30)44(55)51(43(34)54)38-11-12-39(52)47-41(38)53/h5-10,13,16,21-22,25,29,32-33,38H,2-4,11-12,14-15,17-20,23-24H2,1H3,(H,47,52,53)/t32-,33-,38?. The normalized spacial score (nSPS) is 21.1. The van der Waals surface area contributed by atoms with Gasteiger partial charge in [0.15, 0.2) is 0 Å². The molecular weight excluding hydrogens is 755 g/mol. The quantitative estimate of drug-likeness (QED) is 0.107. The van der Waals surface area contributed by atoms with Crippen molar-refractivity contribution in [1.29, 1.82) is 0 Å². The van der Waals surface area contributed by atoms with Gasteiger partial charge in [0, 0.05) is 55.2 Å². The summed E-state index contributed by atoms with van der Waals surface area (Å²) in [5.74, 6) is 0.113. The van der Waals surface area contributed by atoms with E-state index in [4.69, 9.17) is 23.7 Å². The van der Waals surface area contributed by atoms with Gasteiger partial charge in [0.25, 0.3) is 17.7 Å². The number of amides is 4. The van der Waals surface area contributed by atoms with Gasteiger partial charge in [0.2, 0.25) is 17.6 Å². The second kappa shape index (κ2) is 16.7. The second-order valence-electron chi connectivity index (χ2n) is 15.7. The Labute approximate surface area is 340 Å². The summed E-state index contributed by atoms with van der Waals surface area (Å²) >= 11 is 0. The van der Waals surface area contributed by atoms with E-state index in [9.17, 15) is 19.2 Å². The largest absolute Gasteiger partial charge is 0.494 e. The summed E-state index contributed by atoms with van der Waals surface area (Å²) in [7, 11) is 0. The number of unbranched alkanes of at least 4 members (excludes halogenated alkanes) is 2. The number of ether oxygens (including phenoxy) is 3. The van der Waals surface area contributed by atoms with Crippen LogP contribution in [0.1, 0.15) is 84.2 Å². The second-order valence-corrected chi connectivity index (χ2v) is 15.7. The van der Waals surface area contributed by atoms with Gasteiger partial charge in [-0.25, -0.2) is 4.98 Å². The first-order valence-electron chi connectivity index (χ1n) is 20.4. The zero-order valence-corrected chi connectivity index (χ0v) is 32.8. The predicted molar refractivity (Wildman–Crippen MR) is 213 cm³/mol. The first-order valence-corrected chi connectivity index (χ1v) is 20.4. The third-order valence-corrected chi connectivity index (χ3v) is 11.5. The number of fused-ring (bicyclic) bond motifs is 2. The molecule has 1 saturated carbocycles. The molecule has 1 atom stereocenters. The van der Waals surface area contributed by atoms with Crippen LogP contribution in [0.2, 0.25) is 0 Å². The molecule has 3 aromatic heterocycles. The number of carbonyl (C=O) groups is 4. The van der Waals surface area contributed by atoms with Crippen LogP contribution in [0.4, 0.5) is 0 Å². The minimum Gasteiger partial charge on any atom is -0.494 e. The average Bonchev–Trinajstić information content (AvgIpc) is 3.81. The molecule has 304 valence electrons. The molecule has 1 N–H and O–H groups in total. The van der Waals surface area contributed by atoms with Gasteiger partial charge in [-0.3, -0.25) is 34.4 Å². The van der Waals surface area contributed by atoms with Gasteiger partial charge in [-0.1, -0.05) is 11.2 Å². The van der Waals surface area contributed by atoms with E-state index in [1.807, 2.05) is 49.4 Å². The summed E-state index contributed by atoms with van der Waals surface area (Å²) in [6.07, 6.45) is 9.33. The molecule has 6 heterocycles. The van der Waals surface area contributed by atoms with Crippen molar-refractivity contribution in [1.82, 2.24) is 35.2 Å². The van der Waals surface area contributed by atoms with Crippen molar-refractivity contribution in [3.8, 4) is 34.5 Å². The summed E-state index contributed by atoms with van der Waals surface area (Å²) < 4.78 is 24.2. The van der Waals surface area contributed by atoms with Gasteiger partial charge in [0.05, 0.1) is 35.5 Å². The molecule has 3 aliphatic heterocycles. The first kappa shape index (κ1) is 38.5. The number of imide groups is 2. The minimum absolute atomic E-state index is 0.0840. The van der Waals surface area contributed by atoms with Crippen molar-refractivity contribution >= 4 is 34.5 Å². The Bertz CT molecular complexity index is 2400. The van der Waals surface area contributed by atoms with Gasteiger partial charge >= 0.3 is 0 Å². The highest BCUT2D eigenvalue weighted by molar-refractivity contribution is 6.23. The molecule has 0 bridgehead atoms. The van der Waals surface area contributed by atoms with Crippen molar-refractivity contribution in [2.45, 2.75) is 89.1 Å². The number of benzene rings is 2. The van der Waals surface area contributed by atoms with Gasteiger partial charge in [-0.05, 0) is 107 Å². The summed E-state index contributed by atoms with van der Waals surface area (Å²) in [4.78, 5) is 66.8. The number of nitrogens with zero attached hydrogens (tertiary/aromatic N) is 6. The Morgan fingerprint density at radius 2 is 1.64 bits per heavy atom. The smallest absolute Gasteiger partial charge is 0.262 e. The fraction of sp³-hybridized carbons (Fsp3) is 0.409. The zero-order chi connectivity index (χ0) is 40.5. The highest BCUT2D eigenvalue weighted by atomic mass is 16.5. The summed E-state index contributed by atoms with van der Waals surface area (Å²) in [5, 5.41) is 7.33. The fourth-order valence-corrected chi connectivity index (χ4v) is 8.23. The van der Waals surface area contributed by atoms with Crippen molar-refractivity contribution in [3.05, 3.63) is 83.7 Å². The maximum Gasteiger partial charge on any atom is 0.262 e. The summed E-state index contributed by atoms with van der Waals surface area (Å²) in [6.45, 7) is 5.49. The number of hydrogen-bond donors (Lipinski definition) is 1. The van der Waals surface area contributed by atoms with E-state index in [0.29, 0.717) is 29.8 Å². The number of pyridine rings is 2. The van der Waals surface area contributed by atoms with Crippen LogP contribution in [0.5, 0.6) is 11.5 Å². The van der Waals surface area contributed by atoms with Crippen LogP contribution in [-0.2, 0) is 14.3 Å². The molecule has 1 unspecified atom stereocenters. The zero-order valence-electron chi connectivity index (χ0n) is 32.8. The third-order valence-electron chi connectivity index (χ3n) is 11.5. The van der Waals surface area contributed by atoms with Crippen molar-refractivity contribution < 1.29 is 37.9 Å². The molecule has 2 saturated heterocycles. The topological polar surface area (TPSA) is 179 Å². The van der Waals surface area contributed by atoms with Crippen LogP contribution in [0, 0.1) is 6.92 Å². The van der Waals surface area contributed by atoms with Crippen LogP contribution in [0.25, 0.3) is 33.9 Å². The van der Waals surface area contributed by atoms with Gasteiger partial charge in [-0.15, -0.1) is 0 Å². The Morgan fingerprint density at radius 1 is 0.814 bits per heavy atom. The number of likely N-dealkylation sites (tertiary alicyclic amines) is 1. The third kappa shape index (κ3) is 8.43. The number of nitrogens with one attached hydrogen (secondary N) is 1. The maximum atomic E-state index is 13.1. The van der Waals surface area contributed by atoms with E-state index in [-0.39, 0.29) is 42.3 Å². The molecule has 4 aliphatic rings. The Hall–Kier alpha value is -6.06. The van der Waals surface area contributed by atoms with E-state index in [1.165, 1.54) is 0 Å². The van der Waals surface area contributed by atoms with Crippen LogP contribution in [0.3, 0.4) is 0 Å². The highest BCUT2D eigenvalue weighted by Crippen LogP contribution is 2.33. The average molecular weight is 800 g/mol. The Balaban J connectivity index is 0.650. The molecule has 0 spiro atoms. The van der Waals surface area contributed by atoms with Gasteiger partial charge in [-0.2, -0.15) is 4.98 Å². The van der Waals surface area contributed by atoms with Crippen LogP contribution < -0.4 is 14.8 Å². The molecule has 1 aliphatic carbocycles. The molecule has 0 radical (unpaired) electrons. The number of aryl methyl sites for hydroxylation is 1. The van der Waals surface area contributed by atoms with E-state index in [2.05, 4.69) is 25.3 Å². The van der Waals surface area contributed by atoms with E-state index >= 15 is 0 Å². The lowest BCUT2D eigenvalue weighted by Gasteiger charge is -2.40. The van der Waals surface area contributed by atoms with Crippen molar-refractivity contribution in [2.24, 2.45) is 0 Å². The maximum absolute atomic E-state index is 13.1. The van der Waals surface area contributed by atoms with Crippen LogP contribution >= 0.6 is 0 Å². The van der Waals surface area contributed by atoms with Gasteiger partial charge in [0.1, 0.15) is 29.3 Å². The first-order chi connectivity index (χ1) is 28.7. The van der Waals surface area contributed by atoms with Crippen molar-refractivity contribution in [3.63, 3.8) is 0 Å². The lowest BCUT2D eigenvalue weighted by Crippen LogP contribution is -2.54. The molecule has 59 heavy (non-hydrogen) atoms. The Kier molecular flexibility index (Phi) is 10.9. The van der Waals surface area contributed by atoms with Crippen molar-refractivity contribution in [2.75, 3.05) is 26.2 Å². The van der Waals surface area contributed by atoms with E-state index in [0.717, 1.165) is 97.4 Å². The monoisotopic (exact) mass is 799 g/mol. The number of rotatable bonds is 14. The summed E-state index contributed by atoms with van der Waals surface area (Å²) in [5.41, 5.74) is 3.62. The molecule has 15 nitrogen and oxygen atoms in total. The Morgan fingerprint density at radius 3 is 2.47 bits per heavy atom. The number of hydrogen-bond acceptors (Lipinski definition) is 13. The molecule has 15 heteroatoms. The molecule has 4 amide bonds. The number of carbonyl (C=O) groups excluding carboxylic acids is 4. The van der Waals surface area contributed by atoms with Gasteiger partial charge < -0.3 is 23.6 Å². The molecular formula is C44H45N7O8. The fourth-order valence-electron chi connectivity index (χ4n) is 8.23. The number of piperidine rings is 2. The van der Waals surface area contributed by atoms with E-state index < -0.39 is 29.7 Å². The summed E-state index contributed by atoms with van der Waals surface area (Å²) in [6, 6.07) is 17.4. The number of aromatic nitrogens is 4. The van der Waals surface area contributed by atoms with Crippen LogP contribution in [-0.4, -0.2) is 104 Å². The molecule has 3 fully saturated rings.